The van der Waals surface area contributed by atoms with Crippen LogP contribution in [0.3, 0.4) is 0 Å². The van der Waals surface area contributed by atoms with Crippen molar-refractivity contribution in [3.05, 3.63) is 23.8 Å². The smallest absolute Gasteiger partial charge is 0.187 e. The zero-order valence-corrected chi connectivity index (χ0v) is 14.9. The summed E-state index contributed by atoms with van der Waals surface area (Å²) in [6, 6.07) is 5.74. The van der Waals surface area contributed by atoms with Crippen molar-refractivity contribution in [1.82, 2.24) is 10.7 Å². The van der Waals surface area contributed by atoms with E-state index >= 15 is 0 Å². The molecule has 128 valence electrons. The van der Waals surface area contributed by atoms with Crippen LogP contribution >= 0.6 is 12.2 Å². The van der Waals surface area contributed by atoms with Gasteiger partial charge in [-0.2, -0.15) is 5.10 Å². The number of ether oxygens (including phenoxy) is 3. The summed E-state index contributed by atoms with van der Waals surface area (Å²) in [5.74, 6) is 1.40. The first-order valence-electron chi connectivity index (χ1n) is 7.50. The first-order chi connectivity index (χ1) is 11.1. The van der Waals surface area contributed by atoms with Crippen LogP contribution in [0.4, 0.5) is 0 Å². The predicted molar refractivity (Wildman–Crippen MR) is 96.6 cm³/mol. The standard InChI is InChI=1S/C16H25N3O3S/c1-5-8-22-15-9-13(6-7-14(15)21-4)10-17-19-16(23)18-12(2)11-20-3/h6-7,9-10,12H,5,8,11H2,1-4H3,(H2,18,19,23)/b17-10-/t12-/m1/s1. The minimum absolute atomic E-state index is 0.116. The van der Waals surface area contributed by atoms with Crippen LogP contribution in [0.1, 0.15) is 25.8 Å². The molecule has 0 radical (unpaired) electrons. The molecule has 1 atom stereocenters. The molecular weight excluding hydrogens is 314 g/mol. The summed E-state index contributed by atoms with van der Waals surface area (Å²) >= 11 is 5.15. The quantitative estimate of drug-likeness (QED) is 0.409. The molecule has 0 aliphatic carbocycles. The van der Waals surface area contributed by atoms with Crippen LogP contribution < -0.4 is 20.2 Å². The van der Waals surface area contributed by atoms with Crippen molar-refractivity contribution in [2.24, 2.45) is 5.10 Å². The normalized spacial score (nSPS) is 12.0. The van der Waals surface area contributed by atoms with Crippen LogP contribution in [0.15, 0.2) is 23.3 Å². The molecule has 0 bridgehead atoms. The highest BCUT2D eigenvalue weighted by molar-refractivity contribution is 7.80. The van der Waals surface area contributed by atoms with Crippen molar-refractivity contribution in [3.63, 3.8) is 0 Å². The number of hydrazone groups is 1. The monoisotopic (exact) mass is 339 g/mol. The maximum Gasteiger partial charge on any atom is 0.187 e. The molecule has 7 heteroatoms. The molecular formula is C16H25N3O3S. The van der Waals surface area contributed by atoms with E-state index in [1.807, 2.05) is 25.1 Å². The van der Waals surface area contributed by atoms with Crippen LogP contribution in [0.5, 0.6) is 11.5 Å². The van der Waals surface area contributed by atoms with Gasteiger partial charge in [0.05, 0.1) is 26.5 Å². The highest BCUT2D eigenvalue weighted by Crippen LogP contribution is 2.27. The van der Waals surface area contributed by atoms with E-state index in [-0.39, 0.29) is 6.04 Å². The molecule has 0 saturated heterocycles. The Bertz CT molecular complexity index is 523. The predicted octanol–water partition coefficient (Wildman–Crippen LogP) is 2.32. The second-order valence-corrected chi connectivity index (χ2v) is 5.37. The number of nitrogens with one attached hydrogen (secondary N) is 2. The minimum Gasteiger partial charge on any atom is -0.493 e. The van der Waals surface area contributed by atoms with Crippen molar-refractivity contribution in [2.45, 2.75) is 26.3 Å². The van der Waals surface area contributed by atoms with Gasteiger partial charge in [0.2, 0.25) is 0 Å². The van der Waals surface area contributed by atoms with Gasteiger partial charge in [-0.05, 0) is 49.3 Å². The topological polar surface area (TPSA) is 64.1 Å². The third-order valence-electron chi connectivity index (χ3n) is 2.82. The number of hydrogen-bond donors (Lipinski definition) is 2. The molecule has 1 aromatic rings. The summed E-state index contributed by atoms with van der Waals surface area (Å²) in [7, 11) is 3.27. The van der Waals surface area contributed by atoms with Gasteiger partial charge in [-0.3, -0.25) is 5.43 Å². The van der Waals surface area contributed by atoms with Gasteiger partial charge in [0.1, 0.15) is 0 Å². The second-order valence-electron chi connectivity index (χ2n) is 4.96. The van der Waals surface area contributed by atoms with Crippen LogP contribution in [0.25, 0.3) is 0 Å². The molecule has 0 unspecified atom stereocenters. The van der Waals surface area contributed by atoms with Crippen molar-refractivity contribution < 1.29 is 14.2 Å². The van der Waals surface area contributed by atoms with E-state index in [1.54, 1.807) is 20.4 Å². The van der Waals surface area contributed by atoms with Crippen molar-refractivity contribution in [2.75, 3.05) is 27.4 Å². The lowest BCUT2D eigenvalue weighted by Gasteiger charge is -2.14. The third-order valence-corrected chi connectivity index (χ3v) is 3.03. The summed E-state index contributed by atoms with van der Waals surface area (Å²) < 4.78 is 16.0. The highest BCUT2D eigenvalue weighted by Gasteiger charge is 2.05. The molecule has 23 heavy (non-hydrogen) atoms. The zero-order chi connectivity index (χ0) is 17.1. The number of thiocarbonyl (C=S) groups is 1. The third kappa shape index (κ3) is 7.30. The van der Waals surface area contributed by atoms with Gasteiger partial charge >= 0.3 is 0 Å². The Kier molecular flexibility index (Phi) is 9.01. The number of benzene rings is 1. The number of nitrogens with zero attached hydrogens (tertiary/aromatic N) is 1. The van der Waals surface area contributed by atoms with Gasteiger partial charge in [-0.25, -0.2) is 0 Å². The fourth-order valence-electron chi connectivity index (χ4n) is 1.81. The Morgan fingerprint density at radius 3 is 2.78 bits per heavy atom. The minimum atomic E-state index is 0.116. The molecule has 1 aromatic carbocycles. The fraction of sp³-hybridized carbons (Fsp3) is 0.500. The Balaban J connectivity index is 2.60. The average Bonchev–Trinajstić information content (AvgIpc) is 2.53. The lowest BCUT2D eigenvalue weighted by molar-refractivity contribution is 0.179. The molecule has 0 heterocycles. The molecule has 0 saturated carbocycles. The van der Waals surface area contributed by atoms with Crippen molar-refractivity contribution in [3.8, 4) is 11.5 Å². The zero-order valence-electron chi connectivity index (χ0n) is 14.1. The van der Waals surface area contributed by atoms with Gasteiger partial charge in [-0.1, -0.05) is 6.92 Å². The molecule has 0 amide bonds. The van der Waals surface area contributed by atoms with Crippen LogP contribution in [0.2, 0.25) is 0 Å². The maximum absolute atomic E-state index is 5.67. The van der Waals surface area contributed by atoms with E-state index in [0.717, 1.165) is 12.0 Å². The molecule has 6 nitrogen and oxygen atoms in total. The first-order valence-corrected chi connectivity index (χ1v) is 7.90. The van der Waals surface area contributed by atoms with Crippen LogP contribution in [-0.4, -0.2) is 44.8 Å². The Morgan fingerprint density at radius 2 is 2.13 bits per heavy atom. The van der Waals surface area contributed by atoms with E-state index in [2.05, 4.69) is 22.8 Å². The van der Waals surface area contributed by atoms with Gasteiger partial charge in [0.15, 0.2) is 16.6 Å². The largest absolute Gasteiger partial charge is 0.493 e. The molecule has 0 aliphatic rings. The Hall–Kier alpha value is -1.86. The first kappa shape index (κ1) is 19.2. The average molecular weight is 339 g/mol. The Labute approximate surface area is 143 Å². The lowest BCUT2D eigenvalue weighted by atomic mass is 10.2. The highest BCUT2D eigenvalue weighted by atomic mass is 32.1. The van der Waals surface area contributed by atoms with Crippen LogP contribution in [0, 0.1) is 0 Å². The van der Waals surface area contributed by atoms with Gasteiger partial charge < -0.3 is 19.5 Å². The van der Waals surface area contributed by atoms with E-state index in [1.165, 1.54) is 0 Å². The number of hydrogen-bond acceptors (Lipinski definition) is 5. The van der Waals surface area contributed by atoms with Gasteiger partial charge in [0, 0.05) is 13.2 Å². The molecule has 0 aromatic heterocycles. The van der Waals surface area contributed by atoms with Gasteiger partial charge in [-0.15, -0.1) is 0 Å². The summed E-state index contributed by atoms with van der Waals surface area (Å²) in [6.45, 7) is 5.24. The summed E-state index contributed by atoms with van der Waals surface area (Å²) in [5.41, 5.74) is 3.66. The number of rotatable bonds is 9. The SMILES string of the molecule is CCCOc1cc(/C=N\NC(=S)N[C@H](C)COC)ccc1OC. The van der Waals surface area contributed by atoms with E-state index in [0.29, 0.717) is 29.8 Å². The van der Waals surface area contributed by atoms with Crippen molar-refractivity contribution >= 4 is 23.5 Å². The summed E-state index contributed by atoms with van der Waals surface area (Å²) in [6.07, 6.45) is 2.61. The van der Waals surface area contributed by atoms with Crippen molar-refractivity contribution in [1.29, 1.82) is 0 Å². The maximum atomic E-state index is 5.67. The summed E-state index contributed by atoms with van der Waals surface area (Å²) in [5, 5.41) is 7.62. The summed E-state index contributed by atoms with van der Waals surface area (Å²) in [4.78, 5) is 0. The molecule has 0 spiro atoms. The second kappa shape index (κ2) is 10.8. The Morgan fingerprint density at radius 1 is 1.35 bits per heavy atom. The molecule has 0 fully saturated rings. The molecule has 0 aliphatic heterocycles. The molecule has 2 N–H and O–H groups in total. The molecule has 1 rings (SSSR count). The van der Waals surface area contributed by atoms with E-state index < -0.39 is 0 Å². The fourth-order valence-corrected chi connectivity index (χ4v) is 2.07. The van der Waals surface area contributed by atoms with Gasteiger partial charge in [0.25, 0.3) is 0 Å². The lowest BCUT2D eigenvalue weighted by Crippen LogP contribution is -2.40. The number of methoxy groups -OCH3 is 2. The van der Waals surface area contributed by atoms with Crippen LogP contribution in [-0.2, 0) is 4.74 Å². The van der Waals surface area contributed by atoms with E-state index in [4.69, 9.17) is 26.4 Å². The van der Waals surface area contributed by atoms with E-state index in [9.17, 15) is 0 Å².